The van der Waals surface area contributed by atoms with Crippen LogP contribution in [-0.2, 0) is 14.8 Å². The lowest BCUT2D eigenvalue weighted by atomic mass is 10.1. The molecule has 10 heteroatoms. The molecule has 0 bridgehead atoms. The molecule has 0 amide bonds. The summed E-state index contributed by atoms with van der Waals surface area (Å²) in [6, 6.07) is 12.6. The van der Waals surface area contributed by atoms with Crippen LogP contribution in [0, 0.1) is 13.8 Å². The molecular formula is C24H24N2O7S. The van der Waals surface area contributed by atoms with Crippen LogP contribution in [0.2, 0.25) is 0 Å². The van der Waals surface area contributed by atoms with Gasteiger partial charge in [-0.05, 0) is 56.3 Å². The summed E-state index contributed by atoms with van der Waals surface area (Å²) < 4.78 is 43.3. The van der Waals surface area contributed by atoms with Crippen LogP contribution in [0.1, 0.15) is 32.1 Å². The fourth-order valence-corrected chi connectivity index (χ4v) is 4.63. The molecule has 0 atom stereocenters. The molecule has 4 rings (SSSR count). The molecular weight excluding hydrogens is 460 g/mol. The number of hydrogen-bond acceptors (Lipinski definition) is 7. The van der Waals surface area contributed by atoms with Crippen LogP contribution in [0.25, 0.3) is 5.69 Å². The third-order valence-corrected chi connectivity index (χ3v) is 7.38. The summed E-state index contributed by atoms with van der Waals surface area (Å²) >= 11 is 0. The fraction of sp³-hybridized carbons (Fsp3) is 0.250. The van der Waals surface area contributed by atoms with E-state index in [0.717, 1.165) is 15.7 Å². The largest absolute Gasteiger partial charge is 0.454 e. The Kier molecular flexibility index (Phi) is 6.20. The van der Waals surface area contributed by atoms with Gasteiger partial charge in [0.25, 0.3) is 0 Å². The van der Waals surface area contributed by atoms with Crippen molar-refractivity contribution in [1.82, 2.24) is 8.87 Å². The number of esters is 1. The second-order valence-electron chi connectivity index (χ2n) is 7.97. The molecule has 0 saturated carbocycles. The van der Waals surface area contributed by atoms with Crippen LogP contribution in [0.3, 0.4) is 0 Å². The molecule has 178 valence electrons. The van der Waals surface area contributed by atoms with Crippen molar-refractivity contribution in [3.8, 4) is 17.2 Å². The monoisotopic (exact) mass is 484 g/mol. The maximum atomic E-state index is 12.8. The molecule has 0 aliphatic carbocycles. The molecule has 0 unspecified atom stereocenters. The Bertz CT molecular complexity index is 1370. The molecule has 2 heterocycles. The van der Waals surface area contributed by atoms with Gasteiger partial charge in [-0.1, -0.05) is 0 Å². The van der Waals surface area contributed by atoms with Gasteiger partial charge in [-0.15, -0.1) is 0 Å². The normalized spacial score (nSPS) is 12.7. The van der Waals surface area contributed by atoms with Crippen molar-refractivity contribution in [3.63, 3.8) is 0 Å². The molecule has 0 radical (unpaired) electrons. The Labute approximate surface area is 197 Å². The van der Waals surface area contributed by atoms with Gasteiger partial charge in [-0.3, -0.25) is 4.79 Å². The Morgan fingerprint density at radius 2 is 1.68 bits per heavy atom. The van der Waals surface area contributed by atoms with Gasteiger partial charge in [-0.25, -0.2) is 17.5 Å². The number of sulfonamides is 1. The number of aryl methyl sites for hydroxylation is 1. The zero-order chi connectivity index (χ0) is 24.6. The van der Waals surface area contributed by atoms with Gasteiger partial charge in [0.2, 0.25) is 22.6 Å². The molecule has 0 spiro atoms. The predicted molar refractivity (Wildman–Crippen MR) is 123 cm³/mol. The van der Waals surface area contributed by atoms with Gasteiger partial charge >= 0.3 is 5.97 Å². The lowest BCUT2D eigenvalue weighted by Crippen LogP contribution is -2.22. The lowest BCUT2D eigenvalue weighted by molar-refractivity contribution is 0.0474. The highest BCUT2D eigenvalue weighted by molar-refractivity contribution is 7.89. The first-order valence-corrected chi connectivity index (χ1v) is 11.9. The minimum Gasteiger partial charge on any atom is -0.454 e. The lowest BCUT2D eigenvalue weighted by Gasteiger charge is -2.11. The average Bonchev–Trinajstić information content (AvgIpc) is 3.40. The van der Waals surface area contributed by atoms with Crippen molar-refractivity contribution >= 4 is 21.8 Å². The maximum Gasteiger partial charge on any atom is 0.338 e. The van der Waals surface area contributed by atoms with Gasteiger partial charge in [0, 0.05) is 42.8 Å². The number of Topliss-reactive ketones (excluding diaryl/α,β-unsaturated/α-hetero) is 1. The van der Waals surface area contributed by atoms with E-state index in [4.69, 9.17) is 14.2 Å². The van der Waals surface area contributed by atoms with E-state index in [1.54, 1.807) is 6.07 Å². The first-order chi connectivity index (χ1) is 16.1. The van der Waals surface area contributed by atoms with Gasteiger partial charge < -0.3 is 18.8 Å². The molecule has 0 N–H and O–H groups in total. The van der Waals surface area contributed by atoms with E-state index in [2.05, 4.69) is 0 Å². The molecule has 1 aliphatic rings. The smallest absolute Gasteiger partial charge is 0.338 e. The Morgan fingerprint density at radius 3 is 2.35 bits per heavy atom. The predicted octanol–water partition coefficient (Wildman–Crippen LogP) is 3.11. The second-order valence-corrected chi connectivity index (χ2v) is 10.1. The first-order valence-electron chi connectivity index (χ1n) is 10.4. The molecule has 1 aliphatic heterocycles. The molecule has 1 aromatic heterocycles. The van der Waals surface area contributed by atoms with Crippen LogP contribution < -0.4 is 9.47 Å². The summed E-state index contributed by atoms with van der Waals surface area (Å²) in [4.78, 5) is 25.3. The topological polar surface area (TPSA) is 104 Å². The van der Waals surface area contributed by atoms with E-state index in [0.29, 0.717) is 22.8 Å². The Hall–Kier alpha value is -3.63. The molecule has 34 heavy (non-hydrogen) atoms. The number of aromatic nitrogens is 1. The average molecular weight is 485 g/mol. The summed E-state index contributed by atoms with van der Waals surface area (Å²) in [5.74, 6) is 0.241. The Morgan fingerprint density at radius 1 is 1.00 bits per heavy atom. The molecule has 3 aromatic rings. The first kappa shape index (κ1) is 23.5. The number of fused-ring (bicyclic) bond motifs is 1. The highest BCUT2D eigenvalue weighted by Crippen LogP contribution is 2.35. The summed E-state index contributed by atoms with van der Waals surface area (Å²) in [5, 5.41) is 0. The molecule has 2 aromatic carbocycles. The number of carbonyl (C=O) groups is 2. The fourth-order valence-electron chi connectivity index (χ4n) is 3.73. The summed E-state index contributed by atoms with van der Waals surface area (Å²) in [6.07, 6.45) is 0. The summed E-state index contributed by atoms with van der Waals surface area (Å²) in [7, 11) is -0.758. The second kappa shape index (κ2) is 8.96. The van der Waals surface area contributed by atoms with Crippen molar-refractivity contribution in [2.75, 3.05) is 27.5 Å². The SMILES string of the molecule is Cc1cc(C(=O)COC(=O)c2ccc(S(=O)(=O)N(C)C)cc2)c(C)n1-c1ccc2c(c1)OCO2. The van der Waals surface area contributed by atoms with Crippen molar-refractivity contribution in [2.45, 2.75) is 18.7 Å². The number of ketones is 1. The van der Waals surface area contributed by atoms with Crippen molar-refractivity contribution in [2.24, 2.45) is 0 Å². The van der Waals surface area contributed by atoms with Crippen molar-refractivity contribution in [1.29, 1.82) is 0 Å². The van der Waals surface area contributed by atoms with Crippen LogP contribution >= 0.6 is 0 Å². The highest BCUT2D eigenvalue weighted by Gasteiger charge is 2.21. The van der Waals surface area contributed by atoms with Crippen LogP contribution in [0.5, 0.6) is 11.5 Å². The minimum atomic E-state index is -3.60. The van der Waals surface area contributed by atoms with E-state index < -0.39 is 22.6 Å². The van der Waals surface area contributed by atoms with E-state index in [1.165, 1.54) is 38.4 Å². The summed E-state index contributed by atoms with van der Waals surface area (Å²) in [5.41, 5.74) is 2.95. The third-order valence-electron chi connectivity index (χ3n) is 5.55. The molecule has 9 nitrogen and oxygen atoms in total. The van der Waals surface area contributed by atoms with Gasteiger partial charge in [0.05, 0.1) is 10.5 Å². The number of benzene rings is 2. The number of ether oxygens (including phenoxy) is 3. The van der Waals surface area contributed by atoms with E-state index in [-0.39, 0.29) is 23.0 Å². The molecule has 0 fully saturated rings. The van der Waals surface area contributed by atoms with Crippen LogP contribution in [-0.4, -0.2) is 56.5 Å². The number of nitrogens with zero attached hydrogens (tertiary/aromatic N) is 2. The molecule has 0 saturated heterocycles. The quantitative estimate of drug-likeness (QED) is 0.375. The van der Waals surface area contributed by atoms with Crippen LogP contribution in [0.4, 0.5) is 0 Å². The van der Waals surface area contributed by atoms with E-state index in [1.807, 2.05) is 36.6 Å². The zero-order valence-electron chi connectivity index (χ0n) is 19.2. The van der Waals surface area contributed by atoms with Gasteiger partial charge in [-0.2, -0.15) is 0 Å². The number of hydrogen-bond donors (Lipinski definition) is 0. The number of carbonyl (C=O) groups excluding carboxylic acids is 2. The number of rotatable bonds is 7. The zero-order valence-corrected chi connectivity index (χ0v) is 20.0. The third kappa shape index (κ3) is 4.29. The van der Waals surface area contributed by atoms with Gasteiger partial charge in [0.15, 0.2) is 18.1 Å². The van der Waals surface area contributed by atoms with E-state index in [9.17, 15) is 18.0 Å². The van der Waals surface area contributed by atoms with E-state index >= 15 is 0 Å². The Balaban J connectivity index is 1.46. The minimum absolute atomic E-state index is 0.0566. The standard InChI is InChI=1S/C24H24N2O7S/c1-15-11-20(16(2)26(15)18-7-10-22-23(12-18)33-14-32-22)21(27)13-31-24(28)17-5-8-19(9-6-17)34(29,30)25(3)4/h5-12H,13-14H2,1-4H3. The maximum absolute atomic E-state index is 12.8. The summed E-state index contributed by atoms with van der Waals surface area (Å²) in [6.45, 7) is 3.42. The van der Waals surface area contributed by atoms with Crippen molar-refractivity contribution < 1.29 is 32.2 Å². The van der Waals surface area contributed by atoms with Crippen LogP contribution in [0.15, 0.2) is 53.4 Å². The van der Waals surface area contributed by atoms with Gasteiger partial charge in [0.1, 0.15) is 0 Å². The highest BCUT2D eigenvalue weighted by atomic mass is 32.2. The van der Waals surface area contributed by atoms with Crippen molar-refractivity contribution in [3.05, 3.63) is 71.0 Å².